The van der Waals surface area contributed by atoms with Gasteiger partial charge in [-0.1, -0.05) is 13.8 Å². The van der Waals surface area contributed by atoms with Crippen LogP contribution in [0.25, 0.3) is 0 Å². The molecule has 1 rings (SSSR count). The predicted molar refractivity (Wildman–Crippen MR) is 60.1 cm³/mol. The van der Waals surface area contributed by atoms with Crippen LogP contribution in [0, 0.1) is 0 Å². The van der Waals surface area contributed by atoms with Crippen LogP contribution >= 0.6 is 0 Å². The first-order valence-corrected chi connectivity index (χ1v) is 5.59. The van der Waals surface area contributed by atoms with Crippen LogP contribution in [-0.4, -0.2) is 36.1 Å². The van der Waals surface area contributed by atoms with E-state index in [4.69, 9.17) is 0 Å². The van der Waals surface area contributed by atoms with Gasteiger partial charge in [0.25, 0.3) is 0 Å². The summed E-state index contributed by atoms with van der Waals surface area (Å²) in [4.78, 5) is 2.57. The van der Waals surface area contributed by atoms with Crippen LogP contribution < -0.4 is 5.32 Å². The Bertz CT molecular complexity index is 140. The number of piperidine rings is 1. The fraction of sp³-hybridized carbons (Fsp3) is 1.00. The molecular formula is C11H26N2. The van der Waals surface area contributed by atoms with Crippen LogP contribution in [0.15, 0.2) is 0 Å². The molecule has 0 spiro atoms. The molecule has 13 heavy (non-hydrogen) atoms. The lowest BCUT2D eigenvalue weighted by molar-refractivity contribution is 0.158. The summed E-state index contributed by atoms with van der Waals surface area (Å²) >= 11 is 0. The number of nitrogens with zero attached hydrogens (tertiary/aromatic N) is 1. The standard InChI is InChI=1S/C11H24N2.H2/c1-9(2)12-11-5-7-13(8-6-11)10(3)4;/h9-12H,5-8H2,1-4H3;1H. The Labute approximate surface area is 84.2 Å². The van der Waals surface area contributed by atoms with Gasteiger partial charge in [0, 0.05) is 19.6 Å². The van der Waals surface area contributed by atoms with Crippen LogP contribution in [0.3, 0.4) is 0 Å². The van der Waals surface area contributed by atoms with Crippen molar-refractivity contribution in [1.29, 1.82) is 0 Å². The summed E-state index contributed by atoms with van der Waals surface area (Å²) in [7, 11) is 0. The van der Waals surface area contributed by atoms with Gasteiger partial charge in [0.15, 0.2) is 0 Å². The Morgan fingerprint density at radius 2 is 1.69 bits per heavy atom. The van der Waals surface area contributed by atoms with E-state index in [1.165, 1.54) is 25.9 Å². The number of rotatable bonds is 3. The number of likely N-dealkylation sites (tertiary alicyclic amines) is 1. The molecule has 0 radical (unpaired) electrons. The van der Waals surface area contributed by atoms with Crippen LogP contribution in [0.4, 0.5) is 0 Å². The van der Waals surface area contributed by atoms with E-state index in [1.807, 2.05) is 0 Å². The monoisotopic (exact) mass is 186 g/mol. The van der Waals surface area contributed by atoms with E-state index in [9.17, 15) is 0 Å². The minimum Gasteiger partial charge on any atom is -0.312 e. The van der Waals surface area contributed by atoms with E-state index in [0.717, 1.165) is 12.1 Å². The lowest BCUT2D eigenvalue weighted by Crippen LogP contribution is -2.46. The first-order valence-electron chi connectivity index (χ1n) is 5.59. The summed E-state index contributed by atoms with van der Waals surface area (Å²) in [6.45, 7) is 11.6. The van der Waals surface area contributed by atoms with E-state index in [0.29, 0.717) is 6.04 Å². The Balaban J connectivity index is 0.00000169. The third-order valence-corrected chi connectivity index (χ3v) is 2.83. The molecule has 0 aromatic heterocycles. The molecule has 1 heterocycles. The summed E-state index contributed by atoms with van der Waals surface area (Å²) in [6, 6.07) is 2.12. The Hall–Kier alpha value is -0.0800. The largest absolute Gasteiger partial charge is 0.312 e. The highest BCUT2D eigenvalue weighted by Gasteiger charge is 2.20. The minimum absolute atomic E-state index is 0. The first kappa shape index (κ1) is 11.0. The molecule has 1 fully saturated rings. The smallest absolute Gasteiger partial charge is 0.00937 e. The van der Waals surface area contributed by atoms with Crippen molar-refractivity contribution in [2.45, 2.75) is 58.7 Å². The Morgan fingerprint density at radius 3 is 2.08 bits per heavy atom. The van der Waals surface area contributed by atoms with Gasteiger partial charge in [0.05, 0.1) is 0 Å². The van der Waals surface area contributed by atoms with Gasteiger partial charge in [-0.05, 0) is 39.8 Å². The summed E-state index contributed by atoms with van der Waals surface area (Å²) in [6.07, 6.45) is 2.63. The van der Waals surface area contributed by atoms with Gasteiger partial charge < -0.3 is 10.2 Å². The van der Waals surface area contributed by atoms with Crippen LogP contribution in [-0.2, 0) is 0 Å². The van der Waals surface area contributed by atoms with Crippen molar-refractivity contribution in [2.24, 2.45) is 0 Å². The lowest BCUT2D eigenvalue weighted by atomic mass is 10.0. The normalized spacial score (nSPS) is 21.7. The molecule has 0 bridgehead atoms. The Kier molecular flexibility index (Phi) is 4.20. The van der Waals surface area contributed by atoms with Gasteiger partial charge in [0.2, 0.25) is 0 Å². The molecule has 0 amide bonds. The van der Waals surface area contributed by atoms with Gasteiger partial charge in [-0.3, -0.25) is 0 Å². The highest BCUT2D eigenvalue weighted by atomic mass is 15.2. The summed E-state index contributed by atoms with van der Waals surface area (Å²) in [5, 5.41) is 3.61. The summed E-state index contributed by atoms with van der Waals surface area (Å²) in [5.41, 5.74) is 0. The maximum Gasteiger partial charge on any atom is 0.00937 e. The number of nitrogens with one attached hydrogen (secondary N) is 1. The van der Waals surface area contributed by atoms with Crippen molar-refractivity contribution in [3.05, 3.63) is 0 Å². The molecule has 0 saturated carbocycles. The zero-order valence-electron chi connectivity index (χ0n) is 9.51. The van der Waals surface area contributed by atoms with E-state index >= 15 is 0 Å². The molecule has 1 N–H and O–H groups in total. The topological polar surface area (TPSA) is 15.3 Å². The average Bonchev–Trinajstić information content (AvgIpc) is 2.04. The van der Waals surface area contributed by atoms with E-state index < -0.39 is 0 Å². The maximum atomic E-state index is 3.61. The molecule has 1 aliphatic rings. The molecule has 0 aromatic rings. The van der Waals surface area contributed by atoms with Crippen LogP contribution in [0.1, 0.15) is 42.0 Å². The van der Waals surface area contributed by atoms with Gasteiger partial charge in [-0.15, -0.1) is 0 Å². The molecule has 0 aromatic carbocycles. The molecule has 1 saturated heterocycles. The van der Waals surface area contributed by atoms with Crippen LogP contribution in [0.2, 0.25) is 0 Å². The summed E-state index contributed by atoms with van der Waals surface area (Å²) < 4.78 is 0. The molecular weight excluding hydrogens is 160 g/mol. The molecule has 1 aliphatic heterocycles. The average molecular weight is 186 g/mol. The van der Waals surface area contributed by atoms with Crippen molar-refractivity contribution in [3.63, 3.8) is 0 Å². The highest BCUT2D eigenvalue weighted by molar-refractivity contribution is 4.79. The molecule has 0 aliphatic carbocycles. The van der Waals surface area contributed by atoms with Crippen molar-refractivity contribution < 1.29 is 1.43 Å². The van der Waals surface area contributed by atoms with Crippen molar-refractivity contribution in [3.8, 4) is 0 Å². The third-order valence-electron chi connectivity index (χ3n) is 2.83. The number of hydrogen-bond acceptors (Lipinski definition) is 2. The van der Waals surface area contributed by atoms with E-state index in [2.05, 4.69) is 37.9 Å². The third kappa shape index (κ3) is 3.65. The highest BCUT2D eigenvalue weighted by Crippen LogP contribution is 2.13. The zero-order chi connectivity index (χ0) is 9.84. The first-order chi connectivity index (χ1) is 6.09. The van der Waals surface area contributed by atoms with Crippen molar-refractivity contribution in [1.82, 2.24) is 10.2 Å². The SMILES string of the molecule is CC(C)NC1CCN(C(C)C)CC1.[HH]. The second-order valence-electron chi connectivity index (χ2n) is 4.73. The lowest BCUT2D eigenvalue weighted by Gasteiger charge is -2.35. The number of hydrogen-bond donors (Lipinski definition) is 1. The van der Waals surface area contributed by atoms with Gasteiger partial charge >= 0.3 is 0 Å². The van der Waals surface area contributed by atoms with E-state index in [-0.39, 0.29) is 1.43 Å². The molecule has 80 valence electrons. The fourth-order valence-electron chi connectivity index (χ4n) is 2.05. The van der Waals surface area contributed by atoms with Gasteiger partial charge in [-0.2, -0.15) is 0 Å². The molecule has 0 unspecified atom stereocenters. The van der Waals surface area contributed by atoms with Crippen molar-refractivity contribution >= 4 is 0 Å². The molecule has 0 atom stereocenters. The zero-order valence-corrected chi connectivity index (χ0v) is 9.51. The van der Waals surface area contributed by atoms with E-state index in [1.54, 1.807) is 0 Å². The minimum atomic E-state index is 0. The second kappa shape index (κ2) is 4.97. The van der Waals surface area contributed by atoms with Gasteiger partial charge in [-0.25, -0.2) is 0 Å². The molecule has 2 nitrogen and oxygen atoms in total. The van der Waals surface area contributed by atoms with Crippen molar-refractivity contribution in [2.75, 3.05) is 13.1 Å². The Morgan fingerprint density at radius 1 is 1.15 bits per heavy atom. The second-order valence-corrected chi connectivity index (χ2v) is 4.73. The van der Waals surface area contributed by atoms with Crippen LogP contribution in [0.5, 0.6) is 0 Å². The predicted octanol–water partition coefficient (Wildman–Crippen LogP) is 2.10. The quantitative estimate of drug-likeness (QED) is 0.726. The fourth-order valence-corrected chi connectivity index (χ4v) is 2.05. The molecule has 2 heteroatoms. The van der Waals surface area contributed by atoms with Gasteiger partial charge in [0.1, 0.15) is 0 Å². The maximum absolute atomic E-state index is 3.61. The summed E-state index contributed by atoms with van der Waals surface area (Å²) in [5.74, 6) is 0.